The maximum Gasteiger partial charge on any atom is 0.117 e. The fraction of sp³-hybridized carbons (Fsp3) is 0.462. The van der Waals surface area contributed by atoms with Gasteiger partial charge in [0.15, 0.2) is 0 Å². The fourth-order valence-electron chi connectivity index (χ4n) is 2.34. The van der Waals surface area contributed by atoms with Crippen molar-refractivity contribution in [1.29, 1.82) is 0 Å². The molecule has 1 fully saturated rings. The van der Waals surface area contributed by atoms with E-state index in [1.54, 1.807) is 12.1 Å². The number of ether oxygens (including phenoxy) is 1. The molecular formula is C13H16N2O2. The van der Waals surface area contributed by atoms with E-state index in [1.807, 2.05) is 6.07 Å². The quantitative estimate of drug-likeness (QED) is 0.854. The van der Waals surface area contributed by atoms with Gasteiger partial charge in [-0.25, -0.2) is 4.98 Å². The predicted octanol–water partition coefficient (Wildman–Crippen LogP) is 2.38. The molecule has 0 radical (unpaired) electrons. The van der Waals surface area contributed by atoms with E-state index in [0.29, 0.717) is 6.10 Å². The Kier molecular flexibility index (Phi) is 2.73. The van der Waals surface area contributed by atoms with Crippen LogP contribution in [-0.4, -0.2) is 27.8 Å². The van der Waals surface area contributed by atoms with Crippen LogP contribution in [0.5, 0.6) is 5.75 Å². The topological polar surface area (TPSA) is 58.1 Å². The normalized spacial score (nSPS) is 20.1. The molecule has 1 saturated heterocycles. The molecule has 2 heterocycles. The largest absolute Gasteiger partial charge is 0.508 e. The van der Waals surface area contributed by atoms with E-state index in [-0.39, 0.29) is 5.75 Å². The van der Waals surface area contributed by atoms with Crippen LogP contribution in [0.1, 0.15) is 25.1 Å². The van der Waals surface area contributed by atoms with Crippen molar-refractivity contribution in [2.45, 2.75) is 31.8 Å². The number of fused-ring (bicyclic) bond motifs is 1. The molecule has 0 spiro atoms. The monoisotopic (exact) mass is 232 g/mol. The molecule has 1 aliphatic heterocycles. The van der Waals surface area contributed by atoms with Gasteiger partial charge in [0.2, 0.25) is 0 Å². The zero-order chi connectivity index (χ0) is 11.7. The van der Waals surface area contributed by atoms with E-state index in [2.05, 4.69) is 9.97 Å². The summed E-state index contributed by atoms with van der Waals surface area (Å²) < 4.78 is 5.59. The fourth-order valence-corrected chi connectivity index (χ4v) is 2.34. The van der Waals surface area contributed by atoms with Crippen molar-refractivity contribution in [2.24, 2.45) is 0 Å². The summed E-state index contributed by atoms with van der Waals surface area (Å²) in [6, 6.07) is 5.20. The summed E-state index contributed by atoms with van der Waals surface area (Å²) in [5, 5.41) is 9.37. The Balaban J connectivity index is 1.72. The zero-order valence-electron chi connectivity index (χ0n) is 9.65. The number of rotatable bonds is 3. The minimum Gasteiger partial charge on any atom is -0.508 e. The number of phenolic OH excluding ortho intramolecular Hbond substituents is 1. The summed E-state index contributed by atoms with van der Waals surface area (Å²) in [6.07, 6.45) is 4.67. The van der Waals surface area contributed by atoms with Gasteiger partial charge in [0.1, 0.15) is 11.6 Å². The lowest BCUT2D eigenvalue weighted by Gasteiger charge is -2.06. The van der Waals surface area contributed by atoms with E-state index in [1.165, 1.54) is 12.8 Å². The summed E-state index contributed by atoms with van der Waals surface area (Å²) in [6.45, 7) is 0.901. The van der Waals surface area contributed by atoms with Gasteiger partial charge in [-0.2, -0.15) is 0 Å². The number of phenols is 1. The molecule has 1 atom stereocenters. The molecule has 0 bridgehead atoms. The van der Waals surface area contributed by atoms with Crippen molar-refractivity contribution >= 4 is 11.0 Å². The SMILES string of the molecule is Oc1ccc2nc(CCC3CCCO3)[nH]c2c1. The average molecular weight is 232 g/mol. The minimum absolute atomic E-state index is 0.270. The third kappa shape index (κ3) is 2.26. The van der Waals surface area contributed by atoms with Gasteiger partial charge in [-0.15, -0.1) is 0 Å². The van der Waals surface area contributed by atoms with Crippen molar-refractivity contribution in [3.05, 3.63) is 24.0 Å². The molecule has 0 aliphatic carbocycles. The zero-order valence-corrected chi connectivity index (χ0v) is 9.65. The summed E-state index contributed by atoms with van der Waals surface area (Å²) >= 11 is 0. The first kappa shape index (κ1) is 10.6. The Hall–Kier alpha value is -1.55. The number of aromatic nitrogens is 2. The molecule has 0 amide bonds. The standard InChI is InChI=1S/C13H16N2O2/c16-9-3-5-11-12(8-9)15-13(14-11)6-4-10-2-1-7-17-10/h3,5,8,10,16H,1-2,4,6-7H2,(H,14,15). The Morgan fingerprint density at radius 1 is 1.47 bits per heavy atom. The smallest absolute Gasteiger partial charge is 0.117 e. The van der Waals surface area contributed by atoms with Crippen LogP contribution >= 0.6 is 0 Å². The lowest BCUT2D eigenvalue weighted by atomic mass is 10.1. The summed E-state index contributed by atoms with van der Waals surface area (Å²) in [5.41, 5.74) is 1.80. The van der Waals surface area contributed by atoms with Crippen LogP contribution in [0.15, 0.2) is 18.2 Å². The Morgan fingerprint density at radius 2 is 2.41 bits per heavy atom. The van der Waals surface area contributed by atoms with Gasteiger partial charge >= 0.3 is 0 Å². The van der Waals surface area contributed by atoms with Gasteiger partial charge < -0.3 is 14.8 Å². The average Bonchev–Trinajstić information content (AvgIpc) is 2.94. The molecule has 4 heteroatoms. The Morgan fingerprint density at radius 3 is 3.24 bits per heavy atom. The van der Waals surface area contributed by atoms with Gasteiger partial charge in [0.25, 0.3) is 0 Å². The van der Waals surface area contributed by atoms with Gasteiger partial charge in [-0.05, 0) is 31.4 Å². The predicted molar refractivity (Wildman–Crippen MR) is 65.1 cm³/mol. The highest BCUT2D eigenvalue weighted by Crippen LogP contribution is 2.20. The maximum absolute atomic E-state index is 9.37. The van der Waals surface area contributed by atoms with Crippen LogP contribution in [0.3, 0.4) is 0 Å². The van der Waals surface area contributed by atoms with Crippen LogP contribution in [0, 0.1) is 0 Å². The first-order valence-corrected chi connectivity index (χ1v) is 6.10. The molecule has 1 aliphatic rings. The van der Waals surface area contributed by atoms with Crippen molar-refractivity contribution in [1.82, 2.24) is 9.97 Å². The number of nitrogens with zero attached hydrogens (tertiary/aromatic N) is 1. The molecule has 90 valence electrons. The molecule has 4 nitrogen and oxygen atoms in total. The second-order valence-corrected chi connectivity index (χ2v) is 4.56. The second-order valence-electron chi connectivity index (χ2n) is 4.56. The van der Waals surface area contributed by atoms with Crippen LogP contribution in [0.25, 0.3) is 11.0 Å². The van der Waals surface area contributed by atoms with Crippen molar-refractivity contribution in [2.75, 3.05) is 6.61 Å². The lowest BCUT2D eigenvalue weighted by molar-refractivity contribution is 0.104. The summed E-state index contributed by atoms with van der Waals surface area (Å²) in [4.78, 5) is 7.73. The molecule has 1 aromatic carbocycles. The Bertz CT molecular complexity index is 515. The summed E-state index contributed by atoms with van der Waals surface area (Å²) in [5.74, 6) is 1.24. The number of imidazole rings is 1. The van der Waals surface area contributed by atoms with Crippen molar-refractivity contribution < 1.29 is 9.84 Å². The Labute approximate surface area is 99.6 Å². The van der Waals surface area contributed by atoms with E-state index in [0.717, 1.165) is 36.3 Å². The van der Waals surface area contributed by atoms with E-state index < -0.39 is 0 Å². The second kappa shape index (κ2) is 4.37. The molecule has 1 unspecified atom stereocenters. The molecule has 3 rings (SSSR count). The number of benzene rings is 1. The van der Waals surface area contributed by atoms with Gasteiger partial charge in [-0.1, -0.05) is 0 Å². The van der Waals surface area contributed by atoms with Crippen LogP contribution in [0.2, 0.25) is 0 Å². The van der Waals surface area contributed by atoms with Gasteiger partial charge in [0, 0.05) is 19.1 Å². The molecule has 2 aromatic rings. The van der Waals surface area contributed by atoms with Crippen LogP contribution < -0.4 is 0 Å². The number of H-pyrrole nitrogens is 1. The number of hydrogen-bond donors (Lipinski definition) is 2. The minimum atomic E-state index is 0.270. The molecule has 0 saturated carbocycles. The van der Waals surface area contributed by atoms with Gasteiger partial charge in [0.05, 0.1) is 17.1 Å². The summed E-state index contributed by atoms with van der Waals surface area (Å²) in [7, 11) is 0. The third-order valence-corrected chi connectivity index (χ3v) is 3.24. The number of aromatic amines is 1. The van der Waals surface area contributed by atoms with E-state index >= 15 is 0 Å². The maximum atomic E-state index is 9.37. The van der Waals surface area contributed by atoms with Crippen molar-refractivity contribution in [3.63, 3.8) is 0 Å². The van der Waals surface area contributed by atoms with Crippen LogP contribution in [0.4, 0.5) is 0 Å². The molecular weight excluding hydrogens is 216 g/mol. The number of hydrogen-bond acceptors (Lipinski definition) is 3. The molecule has 1 aromatic heterocycles. The highest BCUT2D eigenvalue weighted by molar-refractivity contribution is 5.76. The lowest BCUT2D eigenvalue weighted by Crippen LogP contribution is -2.06. The highest BCUT2D eigenvalue weighted by Gasteiger charge is 2.15. The van der Waals surface area contributed by atoms with Crippen LogP contribution in [-0.2, 0) is 11.2 Å². The number of aryl methyl sites for hydroxylation is 1. The number of nitrogens with one attached hydrogen (secondary N) is 1. The third-order valence-electron chi connectivity index (χ3n) is 3.24. The van der Waals surface area contributed by atoms with E-state index in [4.69, 9.17) is 4.74 Å². The van der Waals surface area contributed by atoms with Crippen molar-refractivity contribution in [3.8, 4) is 5.75 Å². The first-order valence-electron chi connectivity index (χ1n) is 6.10. The van der Waals surface area contributed by atoms with Gasteiger partial charge in [-0.3, -0.25) is 0 Å². The molecule has 2 N–H and O–H groups in total. The highest BCUT2D eigenvalue weighted by atomic mass is 16.5. The number of aromatic hydroxyl groups is 1. The first-order chi connectivity index (χ1) is 8.31. The molecule has 17 heavy (non-hydrogen) atoms. The van der Waals surface area contributed by atoms with E-state index in [9.17, 15) is 5.11 Å².